The van der Waals surface area contributed by atoms with E-state index in [1.165, 1.54) is 0 Å². The van der Waals surface area contributed by atoms with Crippen molar-refractivity contribution < 1.29 is 17.4 Å². The lowest BCUT2D eigenvalue weighted by Crippen LogP contribution is -2.04. The number of hydrogen-bond donors (Lipinski definition) is 0. The van der Waals surface area contributed by atoms with E-state index in [-0.39, 0.29) is 16.5 Å². The fraction of sp³-hybridized carbons (Fsp3) is 0.105. The second kappa shape index (κ2) is 6.81. The smallest absolute Gasteiger partial charge is 0.293 e. The minimum Gasteiger partial charge on any atom is -0.455 e. The minimum absolute atomic E-state index is 0.174. The topological polar surface area (TPSA) is 99.1 Å². The molecule has 0 aliphatic heterocycles. The highest BCUT2D eigenvalue weighted by molar-refractivity contribution is 7.90. The highest BCUT2D eigenvalue weighted by atomic mass is 32.2. The summed E-state index contributed by atoms with van der Waals surface area (Å²) < 4.78 is 35.9. The molecule has 3 aromatic heterocycles. The van der Waals surface area contributed by atoms with Crippen LogP contribution in [0.4, 0.5) is 0 Å². The Morgan fingerprint density at radius 3 is 2.59 bits per heavy atom. The Balaban J connectivity index is 1.55. The highest BCUT2D eigenvalue weighted by Crippen LogP contribution is 2.25. The van der Waals surface area contributed by atoms with Gasteiger partial charge < -0.3 is 8.94 Å². The van der Waals surface area contributed by atoms with Gasteiger partial charge in [0, 0.05) is 18.0 Å². The lowest BCUT2D eigenvalue weighted by atomic mass is 10.2. The Morgan fingerprint density at radius 2 is 1.85 bits per heavy atom. The summed E-state index contributed by atoms with van der Waals surface area (Å²) >= 11 is 0. The van der Waals surface area contributed by atoms with Crippen molar-refractivity contribution in [3.05, 3.63) is 72.2 Å². The van der Waals surface area contributed by atoms with Crippen molar-refractivity contribution in [3.8, 4) is 23.0 Å². The van der Waals surface area contributed by atoms with E-state index in [1.807, 2.05) is 13.0 Å². The van der Waals surface area contributed by atoms with Gasteiger partial charge in [0.25, 0.3) is 5.89 Å². The third-order valence-corrected chi connectivity index (χ3v) is 5.59. The minimum atomic E-state index is -3.51. The van der Waals surface area contributed by atoms with Crippen LogP contribution in [0.1, 0.15) is 11.3 Å². The number of nitrogens with zero attached hydrogens (tertiary/aromatic N) is 3. The SMILES string of the molecule is Cc1ccc(S(=O)(=O)Cc2ccc(-c3nc(-c4cccnc4)no3)o2)cc1. The maximum Gasteiger partial charge on any atom is 0.293 e. The van der Waals surface area contributed by atoms with Crippen molar-refractivity contribution in [3.63, 3.8) is 0 Å². The molecule has 0 N–H and O–H groups in total. The molecule has 8 heteroatoms. The Labute approximate surface area is 155 Å². The Morgan fingerprint density at radius 1 is 1.04 bits per heavy atom. The van der Waals surface area contributed by atoms with Crippen LogP contribution in [0.2, 0.25) is 0 Å². The predicted octanol–water partition coefficient (Wildman–Crippen LogP) is 3.67. The number of aromatic nitrogens is 3. The summed E-state index contributed by atoms with van der Waals surface area (Å²) in [5.41, 5.74) is 1.70. The van der Waals surface area contributed by atoms with Gasteiger partial charge in [-0.25, -0.2) is 8.42 Å². The van der Waals surface area contributed by atoms with Gasteiger partial charge in [-0.15, -0.1) is 0 Å². The number of furan rings is 1. The zero-order valence-corrected chi connectivity index (χ0v) is 15.2. The lowest BCUT2D eigenvalue weighted by molar-refractivity contribution is 0.413. The monoisotopic (exact) mass is 381 g/mol. The van der Waals surface area contributed by atoms with E-state index in [0.717, 1.165) is 5.56 Å². The molecular formula is C19H15N3O4S. The maximum atomic E-state index is 12.5. The molecule has 4 rings (SSSR count). The molecule has 0 amide bonds. The van der Waals surface area contributed by atoms with Gasteiger partial charge in [0.05, 0.1) is 4.90 Å². The fourth-order valence-electron chi connectivity index (χ4n) is 2.52. The molecule has 0 aliphatic rings. The maximum absolute atomic E-state index is 12.5. The first-order chi connectivity index (χ1) is 13.0. The van der Waals surface area contributed by atoms with E-state index in [0.29, 0.717) is 22.9 Å². The van der Waals surface area contributed by atoms with Crippen molar-refractivity contribution in [2.75, 3.05) is 0 Å². The van der Waals surface area contributed by atoms with Crippen LogP contribution in [-0.2, 0) is 15.6 Å². The summed E-state index contributed by atoms with van der Waals surface area (Å²) in [6, 6.07) is 13.5. The van der Waals surface area contributed by atoms with Crippen LogP contribution in [0.15, 0.2) is 74.8 Å². The van der Waals surface area contributed by atoms with Crippen molar-refractivity contribution in [2.45, 2.75) is 17.6 Å². The zero-order valence-electron chi connectivity index (χ0n) is 14.4. The van der Waals surface area contributed by atoms with Gasteiger partial charge in [-0.3, -0.25) is 4.98 Å². The van der Waals surface area contributed by atoms with Gasteiger partial charge in [-0.2, -0.15) is 4.98 Å². The van der Waals surface area contributed by atoms with Crippen LogP contribution in [-0.4, -0.2) is 23.5 Å². The summed E-state index contributed by atoms with van der Waals surface area (Å²) in [5.74, 6) is 0.911. The third-order valence-electron chi connectivity index (χ3n) is 3.93. The molecule has 0 unspecified atom stereocenters. The van der Waals surface area contributed by atoms with Crippen LogP contribution >= 0.6 is 0 Å². The average molecular weight is 381 g/mol. The lowest BCUT2D eigenvalue weighted by Gasteiger charge is -2.02. The van der Waals surface area contributed by atoms with Crippen molar-refractivity contribution in [2.24, 2.45) is 0 Å². The van der Waals surface area contributed by atoms with Crippen molar-refractivity contribution in [1.82, 2.24) is 15.1 Å². The largest absolute Gasteiger partial charge is 0.455 e. The van der Waals surface area contributed by atoms with Crippen molar-refractivity contribution >= 4 is 9.84 Å². The van der Waals surface area contributed by atoms with Gasteiger partial charge >= 0.3 is 0 Å². The van der Waals surface area contributed by atoms with Gasteiger partial charge in [0.2, 0.25) is 5.82 Å². The normalized spacial score (nSPS) is 11.6. The van der Waals surface area contributed by atoms with Crippen LogP contribution in [0, 0.1) is 6.92 Å². The molecule has 1 aromatic carbocycles. The molecule has 0 fully saturated rings. The molecule has 136 valence electrons. The molecule has 0 bridgehead atoms. The molecule has 3 heterocycles. The number of benzene rings is 1. The fourth-order valence-corrected chi connectivity index (χ4v) is 3.77. The average Bonchev–Trinajstić information content (AvgIpc) is 3.32. The molecule has 4 aromatic rings. The van der Waals surface area contributed by atoms with Crippen LogP contribution in [0.25, 0.3) is 23.0 Å². The van der Waals surface area contributed by atoms with E-state index in [1.54, 1.807) is 54.9 Å². The molecule has 0 atom stereocenters. The summed E-state index contributed by atoms with van der Waals surface area (Å²) in [6.07, 6.45) is 3.27. The molecular weight excluding hydrogens is 366 g/mol. The number of sulfone groups is 1. The van der Waals surface area contributed by atoms with Gasteiger partial charge in [0.15, 0.2) is 15.6 Å². The third kappa shape index (κ3) is 3.65. The van der Waals surface area contributed by atoms with Crippen molar-refractivity contribution in [1.29, 1.82) is 0 Å². The summed E-state index contributed by atoms with van der Waals surface area (Å²) in [7, 11) is -3.51. The second-order valence-electron chi connectivity index (χ2n) is 6.00. The first-order valence-corrected chi connectivity index (χ1v) is 9.79. The molecule has 0 aliphatic carbocycles. The molecule has 0 radical (unpaired) electrons. The van der Waals surface area contributed by atoms with Crippen LogP contribution < -0.4 is 0 Å². The Kier molecular flexibility index (Phi) is 4.33. The molecule has 7 nitrogen and oxygen atoms in total. The predicted molar refractivity (Wildman–Crippen MR) is 97.3 cm³/mol. The zero-order chi connectivity index (χ0) is 18.9. The molecule has 27 heavy (non-hydrogen) atoms. The number of aryl methyl sites for hydroxylation is 1. The first-order valence-electron chi connectivity index (χ1n) is 8.14. The number of hydrogen-bond acceptors (Lipinski definition) is 7. The number of pyridine rings is 1. The van der Waals surface area contributed by atoms with Crippen LogP contribution in [0.5, 0.6) is 0 Å². The Bertz CT molecular complexity index is 1160. The summed E-state index contributed by atoms with van der Waals surface area (Å²) in [6.45, 7) is 1.90. The van der Waals surface area contributed by atoms with Gasteiger partial charge in [-0.1, -0.05) is 22.9 Å². The van der Waals surface area contributed by atoms with E-state index in [9.17, 15) is 8.42 Å². The quantitative estimate of drug-likeness (QED) is 0.520. The summed E-state index contributed by atoms with van der Waals surface area (Å²) in [5, 5.41) is 3.90. The van der Waals surface area contributed by atoms with E-state index < -0.39 is 9.84 Å². The van der Waals surface area contributed by atoms with E-state index in [4.69, 9.17) is 8.94 Å². The molecule has 0 spiro atoms. The van der Waals surface area contributed by atoms with Crippen LogP contribution in [0.3, 0.4) is 0 Å². The van der Waals surface area contributed by atoms with Gasteiger partial charge in [0.1, 0.15) is 11.5 Å². The molecule has 0 saturated heterocycles. The first kappa shape index (κ1) is 17.2. The number of rotatable bonds is 5. The van der Waals surface area contributed by atoms with E-state index in [2.05, 4.69) is 15.1 Å². The summed E-state index contributed by atoms with van der Waals surface area (Å²) in [4.78, 5) is 8.53. The molecule has 0 saturated carbocycles. The second-order valence-corrected chi connectivity index (χ2v) is 7.99. The van der Waals surface area contributed by atoms with Gasteiger partial charge in [-0.05, 0) is 43.3 Å². The standard InChI is InChI=1S/C19H15N3O4S/c1-13-4-7-16(8-5-13)27(23,24)12-15-6-9-17(25-15)19-21-18(22-26-19)14-3-2-10-20-11-14/h2-11H,12H2,1H3. The highest BCUT2D eigenvalue weighted by Gasteiger charge is 2.20. The Hall–Kier alpha value is -3.26. The van der Waals surface area contributed by atoms with E-state index >= 15 is 0 Å².